The molecule has 9 nitrogen and oxygen atoms in total. The molecule has 1 aliphatic rings. The Labute approximate surface area is 229 Å². The van der Waals surface area contributed by atoms with Gasteiger partial charge in [-0.05, 0) is 19.3 Å². The molecule has 0 bridgehead atoms. The quantitative estimate of drug-likeness (QED) is 0.0898. The van der Waals surface area contributed by atoms with Crippen LogP contribution in [0.4, 0.5) is 0 Å². The van der Waals surface area contributed by atoms with Crippen molar-refractivity contribution in [1.82, 2.24) is 5.32 Å². The van der Waals surface area contributed by atoms with Crippen LogP contribution in [0.15, 0.2) is 12.2 Å². The highest BCUT2D eigenvalue weighted by Gasteiger charge is 2.44. The summed E-state index contributed by atoms with van der Waals surface area (Å²) < 4.78 is 11.0. The van der Waals surface area contributed by atoms with Gasteiger partial charge in [0.2, 0.25) is 5.91 Å². The van der Waals surface area contributed by atoms with Crippen molar-refractivity contribution >= 4 is 5.91 Å². The first-order chi connectivity index (χ1) is 18.3. The van der Waals surface area contributed by atoms with Crippen LogP contribution in [0.25, 0.3) is 0 Å². The highest BCUT2D eigenvalue weighted by atomic mass is 16.7. The molecular formula is C29H55NO8. The van der Waals surface area contributed by atoms with E-state index >= 15 is 0 Å². The fourth-order valence-electron chi connectivity index (χ4n) is 4.56. The summed E-state index contributed by atoms with van der Waals surface area (Å²) in [7, 11) is 0. The number of amides is 1. The summed E-state index contributed by atoms with van der Waals surface area (Å²) in [4.78, 5) is 12.4. The van der Waals surface area contributed by atoms with E-state index in [1.165, 1.54) is 51.4 Å². The summed E-state index contributed by atoms with van der Waals surface area (Å²) in [5.41, 5.74) is 0. The van der Waals surface area contributed by atoms with Gasteiger partial charge in [0.25, 0.3) is 0 Å². The Balaban J connectivity index is 2.51. The van der Waals surface area contributed by atoms with Crippen LogP contribution in [0, 0.1) is 0 Å². The van der Waals surface area contributed by atoms with Crippen LogP contribution in [0.5, 0.6) is 0 Å². The first-order valence-electron chi connectivity index (χ1n) is 14.9. The highest BCUT2D eigenvalue weighted by Crippen LogP contribution is 2.22. The number of carbonyl (C=O) groups is 1. The lowest BCUT2D eigenvalue weighted by Gasteiger charge is -2.40. The molecule has 1 fully saturated rings. The van der Waals surface area contributed by atoms with Gasteiger partial charge in [-0.15, -0.1) is 0 Å². The Bertz CT molecular complexity index is 617. The lowest BCUT2D eigenvalue weighted by molar-refractivity contribution is -0.302. The largest absolute Gasteiger partial charge is 0.394 e. The van der Waals surface area contributed by atoms with Crippen molar-refractivity contribution in [2.75, 3.05) is 13.2 Å². The van der Waals surface area contributed by atoms with Crippen LogP contribution in [-0.2, 0) is 14.3 Å². The maximum absolute atomic E-state index is 12.4. The molecule has 0 radical (unpaired) electrons. The summed E-state index contributed by atoms with van der Waals surface area (Å²) >= 11 is 0. The Kier molecular flexibility index (Phi) is 20.0. The van der Waals surface area contributed by atoms with E-state index < -0.39 is 49.5 Å². The van der Waals surface area contributed by atoms with E-state index in [0.29, 0.717) is 6.42 Å². The number of allylic oxidation sites excluding steroid dienone is 1. The second kappa shape index (κ2) is 21.7. The normalized spacial score (nSPS) is 25.5. The first-order valence-corrected chi connectivity index (χ1v) is 14.9. The van der Waals surface area contributed by atoms with Crippen molar-refractivity contribution in [2.24, 2.45) is 0 Å². The Morgan fingerprint density at radius 3 is 2.05 bits per heavy atom. The molecule has 1 rings (SSSR count). The molecule has 1 heterocycles. The van der Waals surface area contributed by atoms with Crippen molar-refractivity contribution in [2.45, 2.75) is 153 Å². The van der Waals surface area contributed by atoms with Gasteiger partial charge in [-0.25, -0.2) is 0 Å². The minimum Gasteiger partial charge on any atom is -0.394 e. The number of unbranched alkanes of at least 4 members (excludes halogenated alkanes) is 12. The fourth-order valence-corrected chi connectivity index (χ4v) is 4.56. The second-order valence-corrected chi connectivity index (χ2v) is 10.6. The van der Waals surface area contributed by atoms with Gasteiger partial charge in [0.05, 0.1) is 25.4 Å². The number of rotatable bonds is 22. The smallest absolute Gasteiger partial charge is 0.220 e. The molecular weight excluding hydrogens is 490 g/mol. The summed E-state index contributed by atoms with van der Waals surface area (Å²) in [5.74, 6) is -0.206. The minimum atomic E-state index is -1.56. The molecule has 9 heteroatoms. The number of hydrogen-bond donors (Lipinski definition) is 6. The van der Waals surface area contributed by atoms with Gasteiger partial charge in [0.15, 0.2) is 6.29 Å². The summed E-state index contributed by atoms with van der Waals surface area (Å²) in [5, 5.41) is 53.1. The van der Waals surface area contributed by atoms with Crippen LogP contribution in [-0.4, -0.2) is 87.5 Å². The summed E-state index contributed by atoms with van der Waals surface area (Å²) in [6, 6.07) is -0.791. The molecule has 1 aliphatic heterocycles. The third-order valence-corrected chi connectivity index (χ3v) is 7.11. The maximum atomic E-state index is 12.4. The Hall–Kier alpha value is -1.07. The third-order valence-electron chi connectivity index (χ3n) is 7.11. The van der Waals surface area contributed by atoms with Gasteiger partial charge in [-0.2, -0.15) is 0 Å². The molecule has 0 aromatic rings. The SMILES string of the molecule is CCCCCCCCCCCC/C=C/C(O)C(COC1OC(CO)C(O)C(O)C1O)NC(=O)CCCCC. The molecule has 0 aromatic carbocycles. The van der Waals surface area contributed by atoms with Gasteiger partial charge >= 0.3 is 0 Å². The molecule has 0 saturated carbocycles. The molecule has 0 aliphatic carbocycles. The van der Waals surface area contributed by atoms with E-state index in [9.17, 15) is 30.3 Å². The third kappa shape index (κ3) is 14.4. The van der Waals surface area contributed by atoms with Gasteiger partial charge < -0.3 is 40.3 Å². The first kappa shape index (κ1) is 35.0. The average molecular weight is 546 g/mol. The number of carbonyl (C=O) groups excluding carboxylic acids is 1. The number of aliphatic hydroxyl groups is 5. The molecule has 0 aromatic heterocycles. The number of ether oxygens (including phenoxy) is 2. The van der Waals surface area contributed by atoms with E-state index in [0.717, 1.165) is 38.5 Å². The van der Waals surface area contributed by atoms with Crippen molar-refractivity contribution < 1.29 is 39.8 Å². The van der Waals surface area contributed by atoms with Crippen LogP contribution in [0.2, 0.25) is 0 Å². The zero-order valence-corrected chi connectivity index (χ0v) is 23.7. The molecule has 7 unspecified atom stereocenters. The number of nitrogens with one attached hydrogen (secondary N) is 1. The standard InChI is InChI=1S/C29H55NO8/c1-3-5-7-8-9-10-11-12-13-14-15-17-18-23(32)22(30-25(33)19-16-6-4-2)21-37-29-28(36)27(35)26(34)24(20-31)38-29/h17-18,22-24,26-29,31-32,34-36H,3-16,19-21H2,1-2H3,(H,30,33)/b18-17+. The molecule has 224 valence electrons. The van der Waals surface area contributed by atoms with E-state index in [-0.39, 0.29) is 12.5 Å². The Morgan fingerprint density at radius 2 is 1.45 bits per heavy atom. The zero-order chi connectivity index (χ0) is 28.2. The average Bonchev–Trinajstić information content (AvgIpc) is 2.91. The van der Waals surface area contributed by atoms with Crippen LogP contribution >= 0.6 is 0 Å². The van der Waals surface area contributed by atoms with E-state index in [4.69, 9.17) is 9.47 Å². The van der Waals surface area contributed by atoms with Crippen molar-refractivity contribution in [3.05, 3.63) is 12.2 Å². The summed E-state index contributed by atoms with van der Waals surface area (Å²) in [6.45, 7) is 3.54. The lowest BCUT2D eigenvalue weighted by atomic mass is 9.99. The van der Waals surface area contributed by atoms with E-state index in [1.54, 1.807) is 6.08 Å². The zero-order valence-electron chi connectivity index (χ0n) is 23.7. The molecule has 6 N–H and O–H groups in total. The van der Waals surface area contributed by atoms with Gasteiger partial charge in [0.1, 0.15) is 24.4 Å². The van der Waals surface area contributed by atoms with Gasteiger partial charge in [-0.3, -0.25) is 4.79 Å². The number of hydrogen-bond acceptors (Lipinski definition) is 8. The monoisotopic (exact) mass is 545 g/mol. The van der Waals surface area contributed by atoms with Crippen LogP contribution in [0.3, 0.4) is 0 Å². The second-order valence-electron chi connectivity index (χ2n) is 10.6. The van der Waals surface area contributed by atoms with Crippen LogP contribution < -0.4 is 5.32 Å². The predicted octanol–water partition coefficient (Wildman–Crippen LogP) is 3.10. The van der Waals surface area contributed by atoms with Crippen LogP contribution in [0.1, 0.15) is 110 Å². The minimum absolute atomic E-state index is 0.189. The molecule has 1 amide bonds. The van der Waals surface area contributed by atoms with Crippen molar-refractivity contribution in [3.8, 4) is 0 Å². The van der Waals surface area contributed by atoms with E-state index in [2.05, 4.69) is 19.2 Å². The van der Waals surface area contributed by atoms with E-state index in [1.807, 2.05) is 6.08 Å². The topological polar surface area (TPSA) is 149 Å². The molecule has 7 atom stereocenters. The van der Waals surface area contributed by atoms with Crippen molar-refractivity contribution in [3.63, 3.8) is 0 Å². The van der Waals surface area contributed by atoms with Gasteiger partial charge in [-0.1, -0.05) is 96.6 Å². The van der Waals surface area contributed by atoms with Crippen molar-refractivity contribution in [1.29, 1.82) is 0 Å². The summed E-state index contributed by atoms with van der Waals surface area (Å²) in [6.07, 6.45) is 12.0. The van der Waals surface area contributed by atoms with Gasteiger partial charge in [0, 0.05) is 6.42 Å². The highest BCUT2D eigenvalue weighted by molar-refractivity contribution is 5.76. The molecule has 1 saturated heterocycles. The fraction of sp³-hybridized carbons (Fsp3) is 0.897. The lowest BCUT2D eigenvalue weighted by Crippen LogP contribution is -2.60. The number of aliphatic hydroxyl groups excluding tert-OH is 5. The predicted molar refractivity (Wildman–Crippen MR) is 147 cm³/mol. The molecule has 38 heavy (non-hydrogen) atoms. The maximum Gasteiger partial charge on any atom is 0.220 e. The molecule has 0 spiro atoms. The Morgan fingerprint density at radius 1 is 0.868 bits per heavy atom.